The maximum Gasteiger partial charge on any atom is 0.416 e. The lowest BCUT2D eigenvalue weighted by atomic mass is 9.87. The summed E-state index contributed by atoms with van der Waals surface area (Å²) in [5.41, 5.74) is 2.63. The van der Waals surface area contributed by atoms with Crippen LogP contribution in [-0.4, -0.2) is 0 Å². The lowest BCUT2D eigenvalue weighted by Crippen LogP contribution is -2.28. The smallest absolute Gasteiger partial charge is 0.375 e. The van der Waals surface area contributed by atoms with Crippen LogP contribution in [0.5, 0.6) is 0 Å². The Morgan fingerprint density at radius 2 is 1.03 bits per heavy atom. The minimum absolute atomic E-state index is 0.133. The van der Waals surface area contributed by atoms with Crippen LogP contribution in [0.4, 0.5) is 24.5 Å². The first-order valence-electron chi connectivity index (χ1n) is 11.1. The van der Waals surface area contributed by atoms with Crippen LogP contribution in [-0.2, 0) is 6.18 Å². The molecule has 2 N–H and O–H groups in total. The van der Waals surface area contributed by atoms with Crippen LogP contribution in [0.15, 0.2) is 107 Å². The number of alkyl halides is 3. The van der Waals surface area contributed by atoms with Crippen LogP contribution in [0.2, 0.25) is 0 Å². The number of thiol groups is 2. The predicted molar refractivity (Wildman–Crippen MR) is 143 cm³/mol. The van der Waals surface area contributed by atoms with Gasteiger partial charge in [0.25, 0.3) is 0 Å². The molecule has 0 saturated heterocycles. The van der Waals surface area contributed by atoms with Gasteiger partial charge in [-0.2, -0.15) is 13.2 Å². The van der Waals surface area contributed by atoms with Crippen molar-refractivity contribution in [3.63, 3.8) is 0 Å². The Morgan fingerprint density at radius 1 is 0.600 bits per heavy atom. The third-order valence-corrected chi connectivity index (χ3v) is 6.67. The van der Waals surface area contributed by atoms with E-state index in [4.69, 9.17) is 0 Å². The molecule has 0 aromatic heterocycles. The van der Waals surface area contributed by atoms with Crippen molar-refractivity contribution in [3.05, 3.63) is 119 Å². The molecule has 2 atom stereocenters. The Hall–Kier alpha value is -3.03. The minimum atomic E-state index is -4.52. The minimum Gasteiger partial charge on any atom is -0.375 e. The summed E-state index contributed by atoms with van der Waals surface area (Å²) in [6, 6.07) is 26.7. The molecule has 0 bridgehead atoms. The number of nitrogens with one attached hydrogen (secondary N) is 2. The van der Waals surface area contributed by atoms with Crippen molar-refractivity contribution >= 4 is 36.6 Å². The van der Waals surface area contributed by atoms with Crippen LogP contribution in [0.25, 0.3) is 0 Å². The van der Waals surface area contributed by atoms with Crippen molar-refractivity contribution in [3.8, 4) is 0 Å². The van der Waals surface area contributed by atoms with Crippen molar-refractivity contribution in [2.75, 3.05) is 10.6 Å². The summed E-state index contributed by atoms with van der Waals surface area (Å²) in [7, 11) is 0. The first kappa shape index (κ1) is 25.1. The molecule has 35 heavy (non-hydrogen) atoms. The monoisotopic (exact) mass is 510 g/mol. The summed E-state index contributed by atoms with van der Waals surface area (Å²) in [6.07, 6.45) is -4.52. The summed E-state index contributed by atoms with van der Waals surface area (Å²) >= 11 is 9.12. The van der Waals surface area contributed by atoms with Gasteiger partial charge in [0.2, 0.25) is 0 Å². The highest BCUT2D eigenvalue weighted by molar-refractivity contribution is 7.80. The molecule has 4 rings (SSSR count). The average molecular weight is 511 g/mol. The predicted octanol–water partition coefficient (Wildman–Crippen LogP) is 8.60. The lowest BCUT2D eigenvalue weighted by molar-refractivity contribution is -0.138. The number of halogens is 3. The Labute approximate surface area is 214 Å². The second-order valence-corrected chi connectivity index (χ2v) is 9.18. The SMILES string of the molecule is Cc1ccccc1C(Nc1ccccc1S)C(Nc1ccccc1S)c1ccccc1C(F)(F)F. The fraction of sp³-hybridized carbons (Fsp3) is 0.143. The highest BCUT2D eigenvalue weighted by Crippen LogP contribution is 2.43. The summed E-state index contributed by atoms with van der Waals surface area (Å²) in [5.74, 6) is 0. The van der Waals surface area contributed by atoms with E-state index in [1.807, 2.05) is 73.7 Å². The zero-order chi connectivity index (χ0) is 25.0. The summed E-state index contributed by atoms with van der Waals surface area (Å²) in [5, 5.41) is 6.87. The fourth-order valence-corrected chi connectivity index (χ4v) is 4.62. The molecular weight excluding hydrogens is 485 g/mol. The Bertz CT molecular complexity index is 1310. The van der Waals surface area contributed by atoms with Crippen molar-refractivity contribution < 1.29 is 13.2 Å². The van der Waals surface area contributed by atoms with Gasteiger partial charge in [-0.05, 0) is 53.9 Å². The van der Waals surface area contributed by atoms with Gasteiger partial charge in [0.05, 0.1) is 17.6 Å². The van der Waals surface area contributed by atoms with E-state index in [2.05, 4.69) is 35.9 Å². The Morgan fingerprint density at radius 3 is 1.54 bits per heavy atom. The zero-order valence-corrected chi connectivity index (χ0v) is 20.7. The molecule has 2 unspecified atom stereocenters. The first-order valence-corrected chi connectivity index (χ1v) is 12.0. The van der Waals surface area contributed by atoms with Crippen LogP contribution >= 0.6 is 25.3 Å². The van der Waals surface area contributed by atoms with Crippen molar-refractivity contribution in [2.45, 2.75) is 35.0 Å². The molecule has 0 aliphatic heterocycles. The average Bonchev–Trinajstić information content (AvgIpc) is 2.83. The molecule has 0 heterocycles. The molecule has 0 aliphatic rings. The van der Waals surface area contributed by atoms with Gasteiger partial charge in [0, 0.05) is 21.2 Å². The lowest BCUT2D eigenvalue weighted by Gasteiger charge is -2.34. The number of benzene rings is 4. The van der Waals surface area contributed by atoms with E-state index < -0.39 is 23.8 Å². The largest absolute Gasteiger partial charge is 0.416 e. The van der Waals surface area contributed by atoms with Gasteiger partial charge in [0.15, 0.2) is 0 Å². The van der Waals surface area contributed by atoms with Crippen molar-refractivity contribution in [1.82, 2.24) is 0 Å². The molecule has 0 radical (unpaired) electrons. The molecule has 0 saturated carbocycles. The number of hydrogen-bond acceptors (Lipinski definition) is 4. The zero-order valence-electron chi connectivity index (χ0n) is 18.9. The summed E-state index contributed by atoms with van der Waals surface area (Å²) in [4.78, 5) is 1.34. The van der Waals surface area contributed by atoms with Gasteiger partial charge in [-0.3, -0.25) is 0 Å². The van der Waals surface area contributed by atoms with Gasteiger partial charge in [-0.1, -0.05) is 66.7 Å². The molecule has 0 aliphatic carbocycles. The molecule has 0 spiro atoms. The standard InChI is InChI=1S/C28H25F3N2S2/c1-18-10-2-3-11-19(18)26(32-22-14-6-8-16-24(22)34)27(33-23-15-7-9-17-25(23)35)20-12-4-5-13-21(20)28(29,30)31/h2-17,26-27,32-35H,1H3. The van der Waals surface area contributed by atoms with Crippen LogP contribution in [0.1, 0.15) is 34.3 Å². The molecule has 2 nitrogen and oxygen atoms in total. The molecule has 0 fully saturated rings. The van der Waals surface area contributed by atoms with Gasteiger partial charge >= 0.3 is 6.18 Å². The fourth-order valence-electron chi connectivity index (χ4n) is 4.17. The molecule has 180 valence electrons. The van der Waals surface area contributed by atoms with E-state index in [1.165, 1.54) is 12.1 Å². The van der Waals surface area contributed by atoms with E-state index in [9.17, 15) is 13.2 Å². The van der Waals surface area contributed by atoms with Gasteiger partial charge in [-0.15, -0.1) is 25.3 Å². The Kier molecular flexibility index (Phi) is 7.67. The molecule has 7 heteroatoms. The number of hydrogen-bond donors (Lipinski definition) is 4. The second kappa shape index (κ2) is 10.7. The van der Waals surface area contributed by atoms with Crippen molar-refractivity contribution in [2.24, 2.45) is 0 Å². The third kappa shape index (κ3) is 5.80. The molecule has 4 aromatic carbocycles. The molecule has 0 amide bonds. The highest BCUT2D eigenvalue weighted by atomic mass is 32.1. The normalized spacial score (nSPS) is 13.2. The van der Waals surface area contributed by atoms with E-state index >= 15 is 0 Å². The highest BCUT2D eigenvalue weighted by Gasteiger charge is 2.38. The van der Waals surface area contributed by atoms with Gasteiger partial charge < -0.3 is 10.6 Å². The van der Waals surface area contributed by atoms with E-state index in [0.29, 0.717) is 15.5 Å². The van der Waals surface area contributed by atoms with Crippen molar-refractivity contribution in [1.29, 1.82) is 0 Å². The number of para-hydroxylation sites is 2. The van der Waals surface area contributed by atoms with Gasteiger partial charge in [0.1, 0.15) is 0 Å². The van der Waals surface area contributed by atoms with Crippen LogP contribution in [0, 0.1) is 6.92 Å². The summed E-state index contributed by atoms with van der Waals surface area (Å²) < 4.78 is 42.6. The number of rotatable bonds is 7. The molecular formula is C28H25F3N2S2. The second-order valence-electron chi connectivity index (χ2n) is 8.22. The number of anilines is 2. The summed E-state index contributed by atoms with van der Waals surface area (Å²) in [6.45, 7) is 1.95. The Balaban J connectivity index is 1.94. The van der Waals surface area contributed by atoms with Gasteiger partial charge in [-0.25, -0.2) is 0 Å². The van der Waals surface area contributed by atoms with E-state index in [1.54, 1.807) is 12.1 Å². The van der Waals surface area contributed by atoms with Crippen LogP contribution in [0.3, 0.4) is 0 Å². The number of aryl methyl sites for hydroxylation is 1. The third-order valence-electron chi connectivity index (χ3n) is 5.89. The van der Waals surface area contributed by atoms with Crippen LogP contribution < -0.4 is 10.6 Å². The van der Waals surface area contributed by atoms with E-state index in [0.717, 1.165) is 22.9 Å². The maximum absolute atomic E-state index is 14.2. The van der Waals surface area contributed by atoms with E-state index in [-0.39, 0.29) is 5.56 Å². The molecule has 4 aromatic rings. The first-order chi connectivity index (χ1) is 16.8. The quantitative estimate of drug-likeness (QED) is 0.187. The topological polar surface area (TPSA) is 24.1 Å². The maximum atomic E-state index is 14.2.